The molecule has 2 aliphatic heterocycles. The number of anilines is 2. The van der Waals surface area contributed by atoms with Gasteiger partial charge in [-0.1, -0.05) is 66.2 Å². The molecule has 0 unspecified atom stereocenters. The summed E-state index contributed by atoms with van der Waals surface area (Å²) in [6.45, 7) is 0. The van der Waals surface area contributed by atoms with Crippen LogP contribution in [0.15, 0.2) is 66.7 Å². The van der Waals surface area contributed by atoms with E-state index in [0.29, 0.717) is 23.8 Å². The molecule has 1 aliphatic carbocycles. The van der Waals surface area contributed by atoms with Crippen LogP contribution in [0.2, 0.25) is 5.02 Å². The largest absolute Gasteiger partial charge is 0.347 e. The molecule has 4 atom stereocenters. The molecule has 166 valence electrons. The number of carbonyl (C=O) groups is 2. The van der Waals surface area contributed by atoms with Crippen LogP contribution in [-0.2, 0) is 9.59 Å². The van der Waals surface area contributed by atoms with Crippen LogP contribution in [0.5, 0.6) is 0 Å². The molecule has 33 heavy (non-hydrogen) atoms. The number of fused-ring (bicyclic) bond motifs is 2. The lowest BCUT2D eigenvalue weighted by molar-refractivity contribution is -0.122. The molecule has 1 N–H and O–H groups in total. The molecule has 0 spiro atoms. The molecule has 3 heterocycles. The second kappa shape index (κ2) is 7.85. The molecule has 2 aromatic carbocycles. The molecular formula is C25H22ClN5O2. The van der Waals surface area contributed by atoms with Gasteiger partial charge in [0.15, 0.2) is 0 Å². The molecule has 3 aromatic rings. The summed E-state index contributed by atoms with van der Waals surface area (Å²) < 4.78 is 1.79. The number of carbonyl (C=O) groups excluding carboxylic acids is 2. The number of aromatic nitrogens is 3. The molecular weight excluding hydrogens is 438 g/mol. The third-order valence-corrected chi connectivity index (χ3v) is 7.09. The summed E-state index contributed by atoms with van der Waals surface area (Å²) in [5.41, 5.74) is 2.18. The number of amides is 2. The maximum absolute atomic E-state index is 13.1. The molecule has 1 saturated heterocycles. The first-order chi connectivity index (χ1) is 16.1. The van der Waals surface area contributed by atoms with Gasteiger partial charge in [-0.25, -0.2) is 9.58 Å². The number of hydrogen-bond acceptors (Lipinski definition) is 5. The van der Waals surface area contributed by atoms with E-state index in [1.807, 2.05) is 54.6 Å². The maximum Gasteiger partial charge on any atom is 0.260 e. The average molecular weight is 460 g/mol. The van der Waals surface area contributed by atoms with Gasteiger partial charge in [0.1, 0.15) is 0 Å². The highest BCUT2D eigenvalue weighted by Gasteiger charge is 2.49. The van der Waals surface area contributed by atoms with Crippen LogP contribution < -0.4 is 10.2 Å². The zero-order chi connectivity index (χ0) is 22.5. The highest BCUT2D eigenvalue weighted by Crippen LogP contribution is 2.41. The Hall–Kier alpha value is -3.45. The summed E-state index contributed by atoms with van der Waals surface area (Å²) in [7, 11) is 0. The Morgan fingerprint density at radius 1 is 0.879 bits per heavy atom. The second-order valence-electron chi connectivity index (χ2n) is 8.76. The number of benzene rings is 2. The van der Waals surface area contributed by atoms with Crippen molar-refractivity contribution in [2.24, 2.45) is 11.8 Å². The van der Waals surface area contributed by atoms with Gasteiger partial charge >= 0.3 is 0 Å². The summed E-state index contributed by atoms with van der Waals surface area (Å²) in [4.78, 5) is 32.0. The molecule has 8 heteroatoms. The SMILES string of the molecule is O=C1[C@H]2CC=CC[C@H]2C(=O)N1c1nc2n(n1)[C@@H](c1ccc(Cl)cc1)C[C@@H](c1ccccc1)N2. The number of hydrogen-bond donors (Lipinski definition) is 1. The minimum absolute atomic E-state index is 0.00758. The normalized spacial score (nSPS) is 26.2. The highest BCUT2D eigenvalue weighted by molar-refractivity contribution is 6.30. The molecule has 0 radical (unpaired) electrons. The molecule has 3 aliphatic rings. The second-order valence-corrected chi connectivity index (χ2v) is 9.19. The molecule has 6 rings (SSSR count). The Labute approximate surface area is 196 Å². The molecule has 1 fully saturated rings. The number of rotatable bonds is 3. The van der Waals surface area contributed by atoms with Gasteiger partial charge in [-0.15, -0.1) is 5.10 Å². The van der Waals surface area contributed by atoms with E-state index in [1.165, 1.54) is 4.90 Å². The van der Waals surface area contributed by atoms with Gasteiger partial charge in [0.05, 0.1) is 23.9 Å². The van der Waals surface area contributed by atoms with Crippen molar-refractivity contribution < 1.29 is 9.59 Å². The third kappa shape index (κ3) is 3.35. The van der Waals surface area contributed by atoms with Crippen LogP contribution in [-0.4, -0.2) is 26.6 Å². The van der Waals surface area contributed by atoms with E-state index < -0.39 is 0 Å². The zero-order valence-electron chi connectivity index (χ0n) is 17.8. The van der Waals surface area contributed by atoms with Crippen LogP contribution in [0.1, 0.15) is 42.5 Å². The standard InChI is InChI=1S/C25H22ClN5O2/c26-17-12-10-16(11-13-17)21-14-20(15-6-2-1-3-7-15)27-24-28-25(29-31(21)24)30-22(32)18-8-4-5-9-19(18)23(30)33/h1-7,10-13,18-21H,8-9,14H2,(H,27,28,29)/t18-,19+,20-,21+/m0/s1. The van der Waals surface area contributed by atoms with Gasteiger partial charge in [-0.05, 0) is 42.5 Å². The summed E-state index contributed by atoms with van der Waals surface area (Å²) >= 11 is 6.12. The van der Waals surface area contributed by atoms with Crippen molar-refractivity contribution in [3.8, 4) is 0 Å². The minimum atomic E-state index is -0.319. The van der Waals surface area contributed by atoms with E-state index in [1.54, 1.807) is 4.68 Å². The van der Waals surface area contributed by atoms with E-state index in [2.05, 4.69) is 27.5 Å². The Morgan fingerprint density at radius 2 is 1.55 bits per heavy atom. The minimum Gasteiger partial charge on any atom is -0.347 e. The van der Waals surface area contributed by atoms with Gasteiger partial charge in [0.25, 0.3) is 5.95 Å². The van der Waals surface area contributed by atoms with Crippen molar-refractivity contribution in [3.63, 3.8) is 0 Å². The number of imide groups is 1. The van der Waals surface area contributed by atoms with E-state index in [9.17, 15) is 9.59 Å². The molecule has 0 bridgehead atoms. The predicted octanol–water partition coefficient (Wildman–Crippen LogP) is 4.53. The fourth-order valence-corrected chi connectivity index (χ4v) is 5.25. The van der Waals surface area contributed by atoms with Gasteiger partial charge in [0, 0.05) is 5.02 Å². The Kier molecular flexibility index (Phi) is 4.80. The molecule has 7 nitrogen and oxygen atoms in total. The van der Waals surface area contributed by atoms with Gasteiger partial charge in [0.2, 0.25) is 17.8 Å². The zero-order valence-corrected chi connectivity index (χ0v) is 18.5. The summed E-state index contributed by atoms with van der Waals surface area (Å²) in [5.74, 6) is -0.367. The Bertz CT molecular complexity index is 1230. The monoisotopic (exact) mass is 459 g/mol. The van der Waals surface area contributed by atoms with Crippen molar-refractivity contribution in [1.29, 1.82) is 0 Å². The highest BCUT2D eigenvalue weighted by atomic mass is 35.5. The van der Waals surface area contributed by atoms with Crippen molar-refractivity contribution >= 4 is 35.3 Å². The van der Waals surface area contributed by atoms with Crippen LogP contribution in [0.25, 0.3) is 0 Å². The first kappa shape index (κ1) is 20.2. The Balaban J connectivity index is 1.41. The smallest absolute Gasteiger partial charge is 0.260 e. The predicted molar refractivity (Wildman–Crippen MR) is 125 cm³/mol. The number of halogens is 1. The summed E-state index contributed by atoms with van der Waals surface area (Å²) in [5, 5.41) is 8.80. The average Bonchev–Trinajstić information content (AvgIpc) is 3.38. The van der Waals surface area contributed by atoms with Crippen LogP contribution >= 0.6 is 11.6 Å². The third-order valence-electron chi connectivity index (χ3n) is 6.84. The van der Waals surface area contributed by atoms with Crippen LogP contribution in [0, 0.1) is 11.8 Å². The van der Waals surface area contributed by atoms with Gasteiger partial charge in [-0.2, -0.15) is 4.98 Å². The molecule has 2 amide bonds. The number of nitrogens with zero attached hydrogens (tertiary/aromatic N) is 4. The molecule has 0 saturated carbocycles. The van der Waals surface area contributed by atoms with Crippen molar-refractivity contribution in [2.75, 3.05) is 10.2 Å². The van der Waals surface area contributed by atoms with Crippen LogP contribution in [0.4, 0.5) is 11.9 Å². The van der Waals surface area contributed by atoms with Crippen molar-refractivity contribution in [2.45, 2.75) is 31.3 Å². The fourth-order valence-electron chi connectivity index (χ4n) is 5.12. The number of allylic oxidation sites excluding steroid dienone is 2. The topological polar surface area (TPSA) is 80.1 Å². The Morgan fingerprint density at radius 3 is 2.21 bits per heavy atom. The molecule has 1 aromatic heterocycles. The van der Waals surface area contributed by atoms with E-state index >= 15 is 0 Å². The lowest BCUT2D eigenvalue weighted by atomic mass is 9.85. The van der Waals surface area contributed by atoms with E-state index in [0.717, 1.165) is 17.5 Å². The lowest BCUT2D eigenvalue weighted by Crippen LogP contribution is -2.32. The van der Waals surface area contributed by atoms with Crippen LogP contribution in [0.3, 0.4) is 0 Å². The maximum atomic E-state index is 13.1. The van der Waals surface area contributed by atoms with Gasteiger partial charge < -0.3 is 5.32 Å². The lowest BCUT2D eigenvalue weighted by Gasteiger charge is -2.31. The van der Waals surface area contributed by atoms with Crippen molar-refractivity contribution in [3.05, 3.63) is 82.9 Å². The van der Waals surface area contributed by atoms with Crippen molar-refractivity contribution in [1.82, 2.24) is 14.8 Å². The first-order valence-electron chi connectivity index (χ1n) is 11.2. The summed E-state index contributed by atoms with van der Waals surface area (Å²) in [6.07, 6.45) is 5.86. The van der Waals surface area contributed by atoms with Gasteiger partial charge in [-0.3, -0.25) is 9.59 Å². The van der Waals surface area contributed by atoms with E-state index in [4.69, 9.17) is 11.6 Å². The quantitative estimate of drug-likeness (QED) is 0.459. The summed E-state index contributed by atoms with van der Waals surface area (Å²) in [6, 6.07) is 17.7. The number of nitrogens with one attached hydrogen (secondary N) is 1. The fraction of sp³-hybridized carbons (Fsp3) is 0.280. The van der Waals surface area contributed by atoms with E-state index in [-0.39, 0.29) is 41.7 Å². The first-order valence-corrected chi connectivity index (χ1v) is 11.5.